The van der Waals surface area contributed by atoms with Gasteiger partial charge in [0.2, 0.25) is 0 Å². The van der Waals surface area contributed by atoms with Crippen molar-refractivity contribution in [3.8, 4) is 0 Å². The number of fused-ring (bicyclic) bond motifs is 1. The maximum absolute atomic E-state index is 13.6. The molecular formula is C11H11FN2O2. The van der Waals surface area contributed by atoms with Crippen molar-refractivity contribution in [2.24, 2.45) is 12.8 Å². The smallest absolute Gasteiger partial charge is 0.325 e. The Morgan fingerprint density at radius 3 is 2.88 bits per heavy atom. The van der Waals surface area contributed by atoms with Crippen molar-refractivity contribution in [2.45, 2.75) is 6.04 Å². The molecule has 3 N–H and O–H groups in total. The topological polar surface area (TPSA) is 68.2 Å². The van der Waals surface area contributed by atoms with E-state index in [1.54, 1.807) is 23.9 Å². The molecule has 1 aromatic carbocycles. The molecule has 2 rings (SSSR count). The minimum atomic E-state index is -1.33. The molecule has 16 heavy (non-hydrogen) atoms. The van der Waals surface area contributed by atoms with Crippen LogP contribution in [0.2, 0.25) is 0 Å². The van der Waals surface area contributed by atoms with Gasteiger partial charge in [-0.2, -0.15) is 0 Å². The zero-order valence-corrected chi connectivity index (χ0v) is 8.64. The summed E-state index contributed by atoms with van der Waals surface area (Å²) >= 11 is 0. The van der Waals surface area contributed by atoms with E-state index < -0.39 is 17.8 Å². The molecule has 84 valence electrons. The lowest BCUT2D eigenvalue weighted by atomic mass is 10.1. The highest BCUT2D eigenvalue weighted by molar-refractivity contribution is 5.83. The number of rotatable bonds is 2. The van der Waals surface area contributed by atoms with Gasteiger partial charge < -0.3 is 15.4 Å². The van der Waals surface area contributed by atoms with E-state index in [2.05, 4.69) is 0 Å². The maximum Gasteiger partial charge on any atom is 0.325 e. The Kier molecular flexibility index (Phi) is 2.40. The van der Waals surface area contributed by atoms with E-state index in [1.165, 1.54) is 12.1 Å². The van der Waals surface area contributed by atoms with Crippen molar-refractivity contribution in [1.82, 2.24) is 4.57 Å². The van der Waals surface area contributed by atoms with Crippen LogP contribution in [0.4, 0.5) is 4.39 Å². The zero-order valence-electron chi connectivity index (χ0n) is 8.64. The third kappa shape index (κ3) is 1.55. The van der Waals surface area contributed by atoms with Gasteiger partial charge in [0.15, 0.2) is 0 Å². The van der Waals surface area contributed by atoms with Crippen LogP contribution in [0, 0.1) is 5.82 Å². The van der Waals surface area contributed by atoms with Gasteiger partial charge >= 0.3 is 5.97 Å². The summed E-state index contributed by atoms with van der Waals surface area (Å²) < 4.78 is 15.4. The number of carbonyl (C=O) groups is 1. The fourth-order valence-electron chi connectivity index (χ4n) is 1.68. The van der Waals surface area contributed by atoms with Crippen LogP contribution in [0.3, 0.4) is 0 Å². The number of aliphatic carboxylic acids is 1. The Morgan fingerprint density at radius 2 is 2.25 bits per heavy atom. The first-order chi connectivity index (χ1) is 7.50. The molecule has 1 unspecified atom stereocenters. The molecule has 1 atom stereocenters. The first-order valence-corrected chi connectivity index (χ1v) is 4.73. The largest absolute Gasteiger partial charge is 0.480 e. The average molecular weight is 222 g/mol. The minimum Gasteiger partial charge on any atom is -0.480 e. The fraction of sp³-hybridized carbons (Fsp3) is 0.182. The van der Waals surface area contributed by atoms with Crippen LogP contribution >= 0.6 is 0 Å². The summed E-state index contributed by atoms with van der Waals surface area (Å²) in [5, 5.41) is 9.48. The van der Waals surface area contributed by atoms with Crippen molar-refractivity contribution in [3.63, 3.8) is 0 Å². The third-order valence-electron chi connectivity index (χ3n) is 2.60. The second kappa shape index (κ2) is 3.61. The van der Waals surface area contributed by atoms with E-state index >= 15 is 0 Å². The molecule has 0 spiro atoms. The van der Waals surface area contributed by atoms with Crippen LogP contribution in [-0.2, 0) is 11.8 Å². The minimum absolute atomic E-state index is 0.00167. The van der Waals surface area contributed by atoms with Gasteiger partial charge in [-0.3, -0.25) is 4.79 Å². The zero-order chi connectivity index (χ0) is 11.9. The normalized spacial score (nSPS) is 12.9. The Balaban J connectivity index is 2.65. The molecule has 0 saturated carbocycles. The molecule has 0 amide bonds. The molecule has 4 nitrogen and oxygen atoms in total. The molecule has 0 aliphatic heterocycles. The van der Waals surface area contributed by atoms with Crippen LogP contribution in [-0.4, -0.2) is 15.6 Å². The van der Waals surface area contributed by atoms with Crippen LogP contribution in [0.15, 0.2) is 24.4 Å². The molecule has 0 bridgehead atoms. The summed E-state index contributed by atoms with van der Waals surface area (Å²) in [4.78, 5) is 10.7. The fourth-order valence-corrected chi connectivity index (χ4v) is 1.68. The molecule has 0 radical (unpaired) electrons. The van der Waals surface area contributed by atoms with Crippen LogP contribution < -0.4 is 5.73 Å². The number of carboxylic acid groups (broad SMARTS) is 1. The summed E-state index contributed by atoms with van der Waals surface area (Å²) in [7, 11) is 1.80. The molecule has 0 aliphatic rings. The molecule has 0 aliphatic carbocycles. The van der Waals surface area contributed by atoms with Crippen molar-refractivity contribution in [3.05, 3.63) is 35.8 Å². The van der Waals surface area contributed by atoms with E-state index in [-0.39, 0.29) is 5.56 Å². The van der Waals surface area contributed by atoms with E-state index in [0.717, 1.165) is 10.9 Å². The first-order valence-electron chi connectivity index (χ1n) is 4.73. The first kappa shape index (κ1) is 10.6. The second-order valence-electron chi connectivity index (χ2n) is 3.68. The predicted molar refractivity (Wildman–Crippen MR) is 57.4 cm³/mol. The lowest BCUT2D eigenvalue weighted by Gasteiger charge is -2.09. The lowest BCUT2D eigenvalue weighted by Crippen LogP contribution is -2.21. The number of halogens is 1. The van der Waals surface area contributed by atoms with Gasteiger partial charge in [-0.25, -0.2) is 4.39 Å². The predicted octanol–water partition coefficient (Wildman–Crippen LogP) is 1.40. The number of nitrogens with zero attached hydrogens (tertiary/aromatic N) is 1. The number of benzene rings is 1. The van der Waals surface area contributed by atoms with Gasteiger partial charge in [-0.1, -0.05) is 0 Å². The molecule has 2 aromatic rings. The molecular weight excluding hydrogens is 211 g/mol. The van der Waals surface area contributed by atoms with Crippen molar-refractivity contribution >= 4 is 16.9 Å². The summed E-state index contributed by atoms with van der Waals surface area (Å²) in [6.45, 7) is 0. The molecule has 0 saturated heterocycles. The number of hydrogen-bond donors (Lipinski definition) is 2. The second-order valence-corrected chi connectivity index (χ2v) is 3.68. The number of carboxylic acids is 1. The van der Waals surface area contributed by atoms with Crippen molar-refractivity contribution in [1.29, 1.82) is 0 Å². The standard InChI is InChI=1S/C11H11FN2O2/c1-14-3-2-6-4-8(12)7(5-9(6)14)10(13)11(15)16/h2-5,10H,13H2,1H3,(H,15,16). The Labute approximate surface area is 91.1 Å². The SMILES string of the molecule is Cn1ccc2cc(F)c(C(N)C(=O)O)cc21. The summed E-state index contributed by atoms with van der Waals surface area (Å²) in [5.74, 6) is -1.83. The van der Waals surface area contributed by atoms with Gasteiger partial charge in [-0.05, 0) is 18.2 Å². The van der Waals surface area contributed by atoms with Crippen LogP contribution in [0.25, 0.3) is 10.9 Å². The number of hydrogen-bond acceptors (Lipinski definition) is 2. The lowest BCUT2D eigenvalue weighted by molar-refractivity contribution is -0.138. The maximum atomic E-state index is 13.6. The molecule has 1 heterocycles. The Morgan fingerprint density at radius 1 is 1.56 bits per heavy atom. The number of aromatic nitrogens is 1. The Hall–Kier alpha value is -1.88. The number of aryl methyl sites for hydroxylation is 1. The molecule has 5 heteroatoms. The van der Waals surface area contributed by atoms with Gasteiger partial charge in [0.1, 0.15) is 11.9 Å². The van der Waals surface area contributed by atoms with Crippen molar-refractivity contribution in [2.75, 3.05) is 0 Å². The molecule has 1 aromatic heterocycles. The highest BCUT2D eigenvalue weighted by Gasteiger charge is 2.19. The summed E-state index contributed by atoms with van der Waals surface area (Å²) in [6, 6.07) is 3.20. The highest BCUT2D eigenvalue weighted by Crippen LogP contribution is 2.23. The van der Waals surface area contributed by atoms with Gasteiger partial charge in [0, 0.05) is 29.7 Å². The van der Waals surface area contributed by atoms with Gasteiger partial charge in [0.25, 0.3) is 0 Å². The van der Waals surface area contributed by atoms with E-state index in [4.69, 9.17) is 10.8 Å². The number of nitrogens with two attached hydrogens (primary N) is 1. The average Bonchev–Trinajstić information content (AvgIpc) is 2.57. The van der Waals surface area contributed by atoms with Gasteiger partial charge in [0.05, 0.1) is 0 Å². The Bertz CT molecular complexity index is 562. The van der Waals surface area contributed by atoms with Gasteiger partial charge in [-0.15, -0.1) is 0 Å². The van der Waals surface area contributed by atoms with E-state index in [9.17, 15) is 9.18 Å². The highest BCUT2D eigenvalue weighted by atomic mass is 19.1. The summed E-state index contributed by atoms with van der Waals surface area (Å²) in [6.07, 6.45) is 1.78. The van der Waals surface area contributed by atoms with Crippen LogP contribution in [0.5, 0.6) is 0 Å². The third-order valence-corrected chi connectivity index (χ3v) is 2.60. The van der Waals surface area contributed by atoms with E-state index in [0.29, 0.717) is 0 Å². The quantitative estimate of drug-likeness (QED) is 0.807. The van der Waals surface area contributed by atoms with E-state index in [1.807, 2.05) is 0 Å². The molecule has 0 fully saturated rings. The summed E-state index contributed by atoms with van der Waals surface area (Å²) in [5.41, 5.74) is 6.16. The van der Waals surface area contributed by atoms with Crippen LogP contribution in [0.1, 0.15) is 11.6 Å². The monoisotopic (exact) mass is 222 g/mol. The van der Waals surface area contributed by atoms with Crippen molar-refractivity contribution < 1.29 is 14.3 Å².